The van der Waals surface area contributed by atoms with Gasteiger partial charge in [0.25, 0.3) is 0 Å². The number of nitrogens with zero attached hydrogens (tertiary/aromatic N) is 2. The van der Waals surface area contributed by atoms with Gasteiger partial charge in [-0.1, -0.05) is 11.6 Å². The van der Waals surface area contributed by atoms with Crippen LogP contribution in [0.25, 0.3) is 10.6 Å². The predicted molar refractivity (Wildman–Crippen MR) is 113 cm³/mol. The molecular weight excluding hydrogens is 432 g/mol. The molecule has 0 saturated heterocycles. The lowest BCUT2D eigenvalue weighted by molar-refractivity contribution is 0.355. The molecule has 0 atom stereocenters. The summed E-state index contributed by atoms with van der Waals surface area (Å²) >= 11 is 7.39. The highest BCUT2D eigenvalue weighted by molar-refractivity contribution is 7.89. The van der Waals surface area contributed by atoms with Crippen molar-refractivity contribution in [2.45, 2.75) is 17.9 Å². The summed E-state index contributed by atoms with van der Waals surface area (Å²) in [7, 11) is -0.396. The van der Waals surface area contributed by atoms with E-state index in [1.165, 1.54) is 27.8 Å². The summed E-state index contributed by atoms with van der Waals surface area (Å²) in [6.07, 6.45) is 0.575. The number of halogens is 1. The number of ether oxygens (including phenoxy) is 2. The molecule has 0 amide bonds. The Morgan fingerprint density at radius 3 is 2.48 bits per heavy atom. The second-order valence-electron chi connectivity index (χ2n) is 6.50. The van der Waals surface area contributed by atoms with E-state index in [4.69, 9.17) is 26.1 Å². The molecule has 4 rings (SSSR count). The number of fused-ring (bicyclic) bond motifs is 1. The van der Waals surface area contributed by atoms with Gasteiger partial charge in [-0.2, -0.15) is 4.31 Å². The van der Waals surface area contributed by atoms with Crippen LogP contribution < -0.4 is 9.47 Å². The van der Waals surface area contributed by atoms with E-state index < -0.39 is 10.0 Å². The van der Waals surface area contributed by atoms with Crippen molar-refractivity contribution in [2.75, 3.05) is 20.8 Å². The third-order valence-electron chi connectivity index (χ3n) is 4.78. The molecule has 0 spiro atoms. The highest BCUT2D eigenvalue weighted by Crippen LogP contribution is 2.37. The van der Waals surface area contributed by atoms with Crippen LogP contribution >= 0.6 is 22.9 Å². The Morgan fingerprint density at radius 1 is 1.07 bits per heavy atom. The average molecular weight is 451 g/mol. The van der Waals surface area contributed by atoms with E-state index in [1.54, 1.807) is 26.4 Å². The zero-order chi connectivity index (χ0) is 20.6. The fraction of sp³-hybridized carbons (Fsp3) is 0.250. The number of benzene rings is 2. The number of thiazole rings is 1. The molecule has 0 aliphatic carbocycles. The maximum atomic E-state index is 13.0. The summed E-state index contributed by atoms with van der Waals surface area (Å²) in [6.45, 7) is 0.707. The maximum absolute atomic E-state index is 13.0. The van der Waals surface area contributed by atoms with E-state index in [1.807, 2.05) is 18.2 Å². The molecule has 3 aromatic rings. The van der Waals surface area contributed by atoms with Crippen molar-refractivity contribution in [3.8, 4) is 22.1 Å². The molecule has 1 aliphatic heterocycles. The van der Waals surface area contributed by atoms with Crippen molar-refractivity contribution < 1.29 is 17.9 Å². The summed E-state index contributed by atoms with van der Waals surface area (Å²) in [4.78, 5) is 5.94. The van der Waals surface area contributed by atoms with Crippen molar-refractivity contribution in [3.63, 3.8) is 0 Å². The number of hydrogen-bond acceptors (Lipinski definition) is 6. The zero-order valence-corrected chi connectivity index (χ0v) is 18.3. The number of methoxy groups -OCH3 is 2. The van der Waals surface area contributed by atoms with Crippen LogP contribution in [0.5, 0.6) is 11.5 Å². The molecule has 29 heavy (non-hydrogen) atoms. The first-order chi connectivity index (χ1) is 13.9. The molecule has 1 aliphatic rings. The summed E-state index contributed by atoms with van der Waals surface area (Å²) in [5.41, 5.74) is 1.86. The Kier molecular flexibility index (Phi) is 5.52. The van der Waals surface area contributed by atoms with E-state index in [0.29, 0.717) is 36.0 Å². The topological polar surface area (TPSA) is 68.7 Å². The van der Waals surface area contributed by atoms with Crippen LogP contribution in [0, 0.1) is 0 Å². The monoisotopic (exact) mass is 450 g/mol. The molecule has 0 N–H and O–H groups in total. The molecule has 0 unspecified atom stereocenters. The maximum Gasteiger partial charge on any atom is 0.243 e. The van der Waals surface area contributed by atoms with Crippen molar-refractivity contribution in [1.29, 1.82) is 0 Å². The van der Waals surface area contributed by atoms with Gasteiger partial charge in [0, 0.05) is 28.4 Å². The first-order valence-electron chi connectivity index (χ1n) is 8.89. The van der Waals surface area contributed by atoms with Gasteiger partial charge in [0.1, 0.15) is 5.01 Å². The fourth-order valence-corrected chi connectivity index (χ4v) is 5.96. The fourth-order valence-electron chi connectivity index (χ4n) is 3.23. The number of aromatic nitrogens is 1. The van der Waals surface area contributed by atoms with Crippen LogP contribution in [0.2, 0.25) is 5.02 Å². The van der Waals surface area contributed by atoms with E-state index in [0.717, 1.165) is 21.1 Å². The van der Waals surface area contributed by atoms with Crippen LogP contribution in [0.3, 0.4) is 0 Å². The van der Waals surface area contributed by atoms with Gasteiger partial charge in [-0.15, -0.1) is 11.3 Å². The van der Waals surface area contributed by atoms with Gasteiger partial charge in [-0.05, 0) is 42.5 Å². The highest BCUT2D eigenvalue weighted by atomic mass is 35.5. The molecule has 1 aromatic heterocycles. The summed E-state index contributed by atoms with van der Waals surface area (Å²) in [6, 6.07) is 11.9. The number of hydrogen-bond donors (Lipinski definition) is 0. The molecule has 0 radical (unpaired) electrons. The molecule has 0 bridgehead atoms. The molecule has 0 fully saturated rings. The second-order valence-corrected chi connectivity index (χ2v) is 9.96. The van der Waals surface area contributed by atoms with Crippen molar-refractivity contribution in [2.24, 2.45) is 0 Å². The Balaban J connectivity index is 1.62. The van der Waals surface area contributed by atoms with E-state index in [-0.39, 0.29) is 4.90 Å². The van der Waals surface area contributed by atoms with Crippen LogP contribution in [0.4, 0.5) is 0 Å². The highest BCUT2D eigenvalue weighted by Gasteiger charge is 2.30. The van der Waals surface area contributed by atoms with Crippen molar-refractivity contribution in [3.05, 3.63) is 58.1 Å². The summed E-state index contributed by atoms with van der Waals surface area (Å²) in [5, 5.41) is 1.34. The van der Waals surface area contributed by atoms with E-state index >= 15 is 0 Å². The van der Waals surface area contributed by atoms with Crippen molar-refractivity contribution >= 4 is 33.0 Å². The second kappa shape index (κ2) is 7.95. The minimum absolute atomic E-state index is 0.245. The smallest absolute Gasteiger partial charge is 0.243 e. The normalized spacial score (nSPS) is 14.4. The first kappa shape index (κ1) is 20.2. The lowest BCUT2D eigenvalue weighted by Crippen LogP contribution is -2.35. The predicted octanol–water partition coefficient (Wildman–Crippen LogP) is 4.23. The Labute approximate surface area is 178 Å². The van der Waals surface area contributed by atoms with E-state index in [9.17, 15) is 8.42 Å². The largest absolute Gasteiger partial charge is 0.493 e. The molecule has 2 heterocycles. The van der Waals surface area contributed by atoms with Crippen LogP contribution in [-0.2, 0) is 23.0 Å². The summed E-state index contributed by atoms with van der Waals surface area (Å²) in [5.74, 6) is 1.28. The van der Waals surface area contributed by atoms with Crippen LogP contribution in [0.15, 0.2) is 47.4 Å². The molecule has 0 saturated carbocycles. The standard InChI is InChI=1S/C20H19ClN2O4S2/c1-26-17-8-3-13(11-18(17)27-2)20-22-16-9-10-23(12-19(16)28-20)29(24,25)15-6-4-14(21)5-7-15/h3-8,11H,9-10,12H2,1-2H3. The van der Waals surface area contributed by atoms with Gasteiger partial charge in [0.05, 0.1) is 31.4 Å². The van der Waals surface area contributed by atoms with Gasteiger partial charge in [-0.25, -0.2) is 13.4 Å². The van der Waals surface area contributed by atoms with Gasteiger partial charge >= 0.3 is 0 Å². The van der Waals surface area contributed by atoms with Crippen LogP contribution in [0.1, 0.15) is 10.6 Å². The first-order valence-corrected chi connectivity index (χ1v) is 11.5. The Hall–Kier alpha value is -2.13. The summed E-state index contributed by atoms with van der Waals surface area (Å²) < 4.78 is 38.1. The lowest BCUT2D eigenvalue weighted by atomic mass is 10.2. The third-order valence-corrected chi connectivity index (χ3v) is 8.02. The minimum Gasteiger partial charge on any atom is -0.493 e. The zero-order valence-electron chi connectivity index (χ0n) is 15.9. The lowest BCUT2D eigenvalue weighted by Gasteiger charge is -2.25. The van der Waals surface area contributed by atoms with Crippen molar-refractivity contribution in [1.82, 2.24) is 9.29 Å². The SMILES string of the molecule is COc1ccc(-c2nc3c(s2)CN(S(=O)(=O)c2ccc(Cl)cc2)CC3)cc1OC. The minimum atomic E-state index is -3.58. The van der Waals surface area contributed by atoms with E-state index in [2.05, 4.69) is 0 Å². The molecule has 6 nitrogen and oxygen atoms in total. The molecule has 9 heteroatoms. The molecular formula is C20H19ClN2O4S2. The Bertz CT molecular complexity index is 1140. The number of rotatable bonds is 5. The quantitative estimate of drug-likeness (QED) is 0.582. The van der Waals surface area contributed by atoms with Crippen LogP contribution in [-0.4, -0.2) is 38.5 Å². The Morgan fingerprint density at radius 2 is 1.79 bits per heavy atom. The van der Waals surface area contributed by atoms with Gasteiger partial charge in [-0.3, -0.25) is 0 Å². The van der Waals surface area contributed by atoms with Gasteiger partial charge in [0.2, 0.25) is 10.0 Å². The third kappa shape index (κ3) is 3.85. The van der Waals surface area contributed by atoms with Gasteiger partial charge < -0.3 is 9.47 Å². The number of sulfonamides is 1. The molecule has 2 aromatic carbocycles. The average Bonchev–Trinajstić information content (AvgIpc) is 3.17. The molecule has 152 valence electrons. The van der Waals surface area contributed by atoms with Gasteiger partial charge in [0.15, 0.2) is 11.5 Å².